The fraction of sp³-hybridized carbons (Fsp3) is 0.586. The van der Waals surface area contributed by atoms with Crippen molar-refractivity contribution in [3.8, 4) is 0 Å². The van der Waals surface area contributed by atoms with Crippen LogP contribution in [0.5, 0.6) is 0 Å². The minimum atomic E-state index is 0.129. The molecule has 0 bridgehead atoms. The lowest BCUT2D eigenvalue weighted by Crippen LogP contribution is -2.20. The first-order chi connectivity index (χ1) is 12.9. The molecule has 0 aromatic heterocycles. The summed E-state index contributed by atoms with van der Waals surface area (Å²) in [7, 11) is 0. The minimum absolute atomic E-state index is 0.129. The van der Waals surface area contributed by atoms with Gasteiger partial charge in [0.15, 0.2) is 0 Å². The highest BCUT2D eigenvalue weighted by atomic mass is 14.3. The average Bonchev–Trinajstić information content (AvgIpc) is 2.51. The Hall–Kier alpha value is -1.56. The zero-order valence-electron chi connectivity index (χ0n) is 21.2. The van der Waals surface area contributed by atoms with Crippen LogP contribution in [0.3, 0.4) is 0 Å². The van der Waals surface area contributed by atoms with E-state index in [1.807, 2.05) is 0 Å². The van der Waals surface area contributed by atoms with Gasteiger partial charge in [-0.25, -0.2) is 0 Å². The molecule has 0 heteroatoms. The Morgan fingerprint density at radius 1 is 0.448 bits per heavy atom. The molecular weight excluding hydrogens is 348 g/mol. The molecule has 0 radical (unpaired) electrons. The minimum Gasteiger partial charge on any atom is -0.0582 e. The molecule has 0 nitrogen and oxygen atoms in total. The van der Waals surface area contributed by atoms with Crippen LogP contribution in [0.15, 0.2) is 36.4 Å². The Morgan fingerprint density at radius 2 is 0.759 bits per heavy atom. The van der Waals surface area contributed by atoms with E-state index in [0.29, 0.717) is 0 Å². The van der Waals surface area contributed by atoms with Crippen LogP contribution in [0.1, 0.15) is 116 Å². The number of benzene rings is 2. The van der Waals surface area contributed by atoms with E-state index in [4.69, 9.17) is 0 Å². The molecule has 0 atom stereocenters. The summed E-state index contributed by atoms with van der Waals surface area (Å²) in [6.45, 7) is 27.9. The molecule has 0 aliphatic carbocycles. The van der Waals surface area contributed by atoms with Crippen molar-refractivity contribution >= 4 is 0 Å². The third-order valence-electron chi connectivity index (χ3n) is 5.95. The van der Waals surface area contributed by atoms with E-state index in [2.05, 4.69) is 119 Å². The van der Waals surface area contributed by atoms with Crippen molar-refractivity contribution in [2.75, 3.05) is 0 Å². The first kappa shape index (κ1) is 23.7. The van der Waals surface area contributed by atoms with Gasteiger partial charge < -0.3 is 0 Å². The third kappa shape index (κ3) is 5.74. The molecule has 0 aliphatic rings. The molecule has 2 aromatic rings. The second kappa shape index (κ2) is 7.60. The van der Waals surface area contributed by atoms with Crippen molar-refractivity contribution in [3.05, 3.63) is 69.8 Å². The van der Waals surface area contributed by atoms with Gasteiger partial charge in [-0.2, -0.15) is 0 Å². The molecular formula is C29H44. The Kier molecular flexibility index (Phi) is 6.22. The largest absolute Gasteiger partial charge is 0.0582 e. The predicted octanol–water partition coefficient (Wildman–Crippen LogP) is 8.47. The van der Waals surface area contributed by atoms with Crippen LogP contribution in [0.2, 0.25) is 0 Å². The maximum atomic E-state index is 2.45. The predicted molar refractivity (Wildman–Crippen MR) is 130 cm³/mol. The highest BCUT2D eigenvalue weighted by Gasteiger charge is 2.25. The quantitative estimate of drug-likeness (QED) is 0.481. The van der Waals surface area contributed by atoms with Gasteiger partial charge in [-0.05, 0) is 61.5 Å². The van der Waals surface area contributed by atoms with E-state index in [-0.39, 0.29) is 21.7 Å². The summed E-state index contributed by atoms with van der Waals surface area (Å²) in [6, 6.07) is 14.3. The van der Waals surface area contributed by atoms with Gasteiger partial charge in [-0.15, -0.1) is 0 Å². The smallest absolute Gasteiger partial charge is 0.00199 e. The van der Waals surface area contributed by atoms with Crippen LogP contribution in [0.4, 0.5) is 0 Å². The van der Waals surface area contributed by atoms with Crippen LogP contribution < -0.4 is 0 Å². The third-order valence-corrected chi connectivity index (χ3v) is 5.95. The summed E-state index contributed by atoms with van der Waals surface area (Å²) in [5, 5.41) is 0. The highest BCUT2D eigenvalue weighted by molar-refractivity contribution is 5.46. The maximum absolute atomic E-state index is 2.45. The van der Waals surface area contributed by atoms with Gasteiger partial charge in [0.05, 0.1) is 0 Å². The van der Waals surface area contributed by atoms with Crippen molar-refractivity contribution < 1.29 is 0 Å². The van der Waals surface area contributed by atoms with E-state index >= 15 is 0 Å². The van der Waals surface area contributed by atoms with Gasteiger partial charge in [0.25, 0.3) is 0 Å². The normalized spacial score (nSPS) is 13.7. The summed E-state index contributed by atoms with van der Waals surface area (Å²) >= 11 is 0. The lowest BCUT2D eigenvalue weighted by molar-refractivity contribution is 0.559. The van der Waals surface area contributed by atoms with Crippen LogP contribution in [-0.4, -0.2) is 0 Å². The molecule has 2 aromatic carbocycles. The van der Waals surface area contributed by atoms with E-state index in [9.17, 15) is 0 Å². The van der Waals surface area contributed by atoms with Crippen LogP contribution in [0, 0.1) is 0 Å². The number of hydrogen-bond acceptors (Lipinski definition) is 0. The summed E-state index contributed by atoms with van der Waals surface area (Å²) < 4.78 is 0. The van der Waals surface area contributed by atoms with Crippen molar-refractivity contribution in [2.45, 2.75) is 111 Å². The van der Waals surface area contributed by atoms with Crippen molar-refractivity contribution in [1.82, 2.24) is 0 Å². The lowest BCUT2D eigenvalue weighted by atomic mass is 9.75. The molecule has 0 saturated heterocycles. The van der Waals surface area contributed by atoms with Crippen LogP contribution >= 0.6 is 0 Å². The van der Waals surface area contributed by atoms with Crippen molar-refractivity contribution in [1.29, 1.82) is 0 Å². The molecule has 0 fully saturated rings. The maximum Gasteiger partial charge on any atom is -0.00199 e. The van der Waals surface area contributed by atoms with Gasteiger partial charge in [0.1, 0.15) is 0 Å². The molecule has 0 unspecified atom stereocenters. The molecule has 160 valence electrons. The fourth-order valence-corrected chi connectivity index (χ4v) is 4.00. The Morgan fingerprint density at radius 3 is 1.00 bits per heavy atom. The van der Waals surface area contributed by atoms with Gasteiger partial charge in [-0.3, -0.25) is 0 Å². The van der Waals surface area contributed by atoms with E-state index in [1.165, 1.54) is 33.4 Å². The molecule has 0 amide bonds. The average molecular weight is 393 g/mol. The Balaban J connectivity index is 2.62. The fourth-order valence-electron chi connectivity index (χ4n) is 4.00. The zero-order valence-corrected chi connectivity index (χ0v) is 21.2. The van der Waals surface area contributed by atoms with Gasteiger partial charge in [-0.1, -0.05) is 119 Å². The van der Waals surface area contributed by atoms with E-state index < -0.39 is 0 Å². The number of rotatable bonds is 2. The summed E-state index contributed by atoms with van der Waals surface area (Å²) in [5.74, 6) is 0. The Labute approximate surface area is 181 Å². The van der Waals surface area contributed by atoms with Crippen molar-refractivity contribution in [3.63, 3.8) is 0 Å². The van der Waals surface area contributed by atoms with Crippen LogP contribution in [-0.2, 0) is 28.1 Å². The van der Waals surface area contributed by atoms with Gasteiger partial charge in [0.2, 0.25) is 0 Å². The van der Waals surface area contributed by atoms with Crippen LogP contribution in [0.25, 0.3) is 0 Å². The lowest BCUT2D eigenvalue weighted by Gasteiger charge is -2.30. The molecule has 29 heavy (non-hydrogen) atoms. The molecule has 0 heterocycles. The second-order valence-electron chi connectivity index (χ2n) is 12.9. The Bertz CT molecular complexity index is 779. The molecule has 0 N–H and O–H groups in total. The standard InChI is InChI=1S/C29H44/c1-26(2,3)22-15-13-20(24(18-22)28(7,8)9)17-21-14-16-23(27(4,5)6)19-25(21)29(10,11)12/h13-16,18-19H,17H2,1-12H3. The molecule has 0 spiro atoms. The summed E-state index contributed by atoms with van der Waals surface area (Å²) in [4.78, 5) is 0. The first-order valence-electron chi connectivity index (χ1n) is 11.2. The van der Waals surface area contributed by atoms with E-state index in [1.54, 1.807) is 0 Å². The highest BCUT2D eigenvalue weighted by Crippen LogP contribution is 2.36. The van der Waals surface area contributed by atoms with Crippen molar-refractivity contribution in [2.24, 2.45) is 0 Å². The van der Waals surface area contributed by atoms with E-state index in [0.717, 1.165) is 6.42 Å². The topological polar surface area (TPSA) is 0 Å². The SMILES string of the molecule is CC(C)(C)c1ccc(Cc2ccc(C(C)(C)C)cc2C(C)(C)C)c(C(C)(C)C)c1. The molecule has 0 saturated carbocycles. The summed E-state index contributed by atoms with van der Waals surface area (Å²) in [6.07, 6.45) is 0.994. The summed E-state index contributed by atoms with van der Waals surface area (Å²) in [5.41, 5.74) is 9.31. The first-order valence-corrected chi connectivity index (χ1v) is 11.2. The van der Waals surface area contributed by atoms with Gasteiger partial charge >= 0.3 is 0 Å². The molecule has 0 aliphatic heterocycles. The number of hydrogen-bond donors (Lipinski definition) is 0. The molecule has 2 rings (SSSR count). The second-order valence-corrected chi connectivity index (χ2v) is 12.9. The van der Waals surface area contributed by atoms with Gasteiger partial charge in [0, 0.05) is 0 Å². The zero-order chi connectivity index (χ0) is 22.4. The monoisotopic (exact) mass is 392 g/mol.